The zero-order valence-corrected chi connectivity index (χ0v) is 6.45. The Bertz CT molecular complexity index is 82.6. The van der Waals surface area contributed by atoms with Gasteiger partial charge in [-0.05, 0) is 0 Å². The van der Waals surface area contributed by atoms with Gasteiger partial charge in [-0.25, -0.2) is 9.59 Å². The van der Waals surface area contributed by atoms with Gasteiger partial charge in [0.25, 0.3) is 0 Å². The van der Waals surface area contributed by atoms with Crippen LogP contribution < -0.4 is 0 Å². The molecule has 6 nitrogen and oxygen atoms in total. The van der Waals surface area contributed by atoms with E-state index in [0.29, 0.717) is 0 Å². The first kappa shape index (κ1) is 23.5. The molecule has 58 valence electrons. The molecule has 6 N–H and O–H groups in total. The van der Waals surface area contributed by atoms with Gasteiger partial charge in [-0.1, -0.05) is 0 Å². The van der Waals surface area contributed by atoms with E-state index in [1.54, 1.807) is 0 Å². The van der Waals surface area contributed by atoms with Crippen molar-refractivity contribution >= 4 is 11.9 Å². The van der Waals surface area contributed by atoms with Crippen molar-refractivity contribution in [3.8, 4) is 0 Å². The third kappa shape index (κ3) is 18.5. The number of nitrogens with two attached hydrogens (primary N) is 2. The van der Waals surface area contributed by atoms with E-state index in [9.17, 15) is 0 Å². The van der Waals surface area contributed by atoms with Gasteiger partial charge in [0.2, 0.25) is 0 Å². The van der Waals surface area contributed by atoms with Gasteiger partial charge in [-0.15, -0.1) is 0 Å². The third-order valence-corrected chi connectivity index (χ3v) is 0.183. The molecular formula is C2H6N2O4Pt. The maximum absolute atomic E-state index is 9.10. The van der Waals surface area contributed by atoms with Crippen LogP contribution in [0.3, 0.4) is 0 Å². The Morgan fingerprint density at radius 1 is 0.889 bits per heavy atom. The summed E-state index contributed by atoms with van der Waals surface area (Å²) >= 11 is 0. The summed E-state index contributed by atoms with van der Waals surface area (Å²) in [5.74, 6) is -3.65. The number of rotatable bonds is 0. The van der Waals surface area contributed by atoms with E-state index in [1.807, 2.05) is 0 Å². The van der Waals surface area contributed by atoms with Crippen LogP contribution in [0.1, 0.15) is 0 Å². The summed E-state index contributed by atoms with van der Waals surface area (Å²) in [5.41, 5.74) is 0. The van der Waals surface area contributed by atoms with Crippen LogP contribution in [0.5, 0.6) is 0 Å². The van der Waals surface area contributed by atoms with Crippen molar-refractivity contribution in [3.63, 3.8) is 0 Å². The topological polar surface area (TPSA) is 142 Å². The summed E-state index contributed by atoms with van der Waals surface area (Å²) in [7, 11) is 0. The maximum Gasteiger partial charge on any atom is 2.00 e. The Hall–Kier alpha value is -0.452. The number of aliphatic carboxylic acids is 2. The molecule has 0 aromatic carbocycles. The molecule has 0 rings (SSSR count). The van der Waals surface area contributed by atoms with Gasteiger partial charge < -0.3 is 22.5 Å². The average Bonchev–Trinajstić information content (AvgIpc) is 1.36. The molecular weight excluding hydrogens is 311 g/mol. The molecule has 0 heterocycles. The molecule has 0 aliphatic carbocycles. The Labute approximate surface area is 65.7 Å². The third-order valence-electron chi connectivity index (χ3n) is 0.183. The minimum Gasteiger partial charge on any atom is -0.693 e. The smallest absolute Gasteiger partial charge is 0.693 e. The van der Waals surface area contributed by atoms with Gasteiger partial charge in [-0.2, -0.15) is 0 Å². The Morgan fingerprint density at radius 3 is 1.00 bits per heavy atom. The zero-order valence-electron chi connectivity index (χ0n) is 4.18. The molecule has 9 heavy (non-hydrogen) atoms. The second-order valence-electron chi connectivity index (χ2n) is 0.610. The number of hydrogen-bond acceptors (Lipinski definition) is 2. The second-order valence-corrected chi connectivity index (χ2v) is 0.610. The summed E-state index contributed by atoms with van der Waals surface area (Å²) in [4.78, 5) is 18.2. The van der Waals surface area contributed by atoms with Gasteiger partial charge in [-0.3, -0.25) is 0 Å². The monoisotopic (exact) mass is 317 g/mol. The van der Waals surface area contributed by atoms with Crippen molar-refractivity contribution in [1.82, 2.24) is 0 Å². The molecule has 0 saturated heterocycles. The summed E-state index contributed by atoms with van der Waals surface area (Å²) in [6, 6.07) is 0. The van der Waals surface area contributed by atoms with Gasteiger partial charge in [0, 0.05) is 0 Å². The van der Waals surface area contributed by atoms with Crippen LogP contribution in [0.2, 0.25) is 0 Å². The summed E-state index contributed by atoms with van der Waals surface area (Å²) < 4.78 is 0. The molecule has 0 aliphatic heterocycles. The van der Waals surface area contributed by atoms with Gasteiger partial charge in [0.1, 0.15) is 0 Å². The van der Waals surface area contributed by atoms with E-state index in [0.717, 1.165) is 0 Å². The van der Waals surface area contributed by atoms with E-state index in [-0.39, 0.29) is 33.4 Å². The first-order valence-electron chi connectivity index (χ1n) is 1.11. The molecule has 0 radical (unpaired) electrons. The van der Waals surface area contributed by atoms with Crippen molar-refractivity contribution in [2.75, 3.05) is 0 Å². The summed E-state index contributed by atoms with van der Waals surface area (Å²) in [6.07, 6.45) is 0. The predicted molar refractivity (Wildman–Crippen MR) is 25.8 cm³/mol. The fourth-order valence-electron chi connectivity index (χ4n) is 0. The van der Waals surface area contributed by atoms with Crippen LogP contribution in [0.4, 0.5) is 0 Å². The van der Waals surface area contributed by atoms with Crippen molar-refractivity contribution in [2.45, 2.75) is 0 Å². The van der Waals surface area contributed by atoms with E-state index in [2.05, 4.69) is 0 Å². The van der Waals surface area contributed by atoms with Crippen molar-refractivity contribution in [1.29, 1.82) is 0 Å². The maximum atomic E-state index is 9.10. The average molecular weight is 317 g/mol. The molecule has 0 saturated carbocycles. The van der Waals surface area contributed by atoms with Gasteiger partial charge in [0.05, 0.1) is 0 Å². The predicted octanol–water partition coefficient (Wildman–Crippen LogP) is 0.587. The quantitative estimate of drug-likeness (QED) is 0.630. The molecule has 0 aromatic heterocycles. The molecule has 0 unspecified atom stereocenters. The normalized spacial score (nSPS) is 4.89. The van der Waals surface area contributed by atoms with Gasteiger partial charge >= 0.3 is 33.0 Å². The van der Waals surface area contributed by atoms with Crippen molar-refractivity contribution < 1.29 is 40.9 Å². The van der Waals surface area contributed by atoms with Crippen molar-refractivity contribution in [2.24, 2.45) is 0 Å². The second kappa shape index (κ2) is 10.5. The number of hydrogen-bond donors (Lipinski definition) is 2. The minimum absolute atomic E-state index is 0. The first-order valence-corrected chi connectivity index (χ1v) is 1.11. The molecule has 0 aromatic rings. The first-order chi connectivity index (χ1) is 2.64. The Kier molecular flexibility index (Phi) is 27.5. The molecule has 0 atom stereocenters. The van der Waals surface area contributed by atoms with Crippen LogP contribution in [0, 0.1) is 0 Å². The molecule has 7 heteroatoms. The van der Waals surface area contributed by atoms with Crippen LogP contribution in [0.25, 0.3) is 12.3 Å². The van der Waals surface area contributed by atoms with Gasteiger partial charge in [0.15, 0.2) is 0 Å². The standard InChI is InChI=1S/C2H2O4.2H2N.Pt/c3-1(4)2(5)6;;;/h(H,3,4)(H,5,6);2*1H2;/q;2*-1;+2. The largest absolute Gasteiger partial charge is 2.00 e. The zero-order chi connectivity index (χ0) is 5.15. The van der Waals surface area contributed by atoms with E-state index < -0.39 is 11.9 Å². The number of carboxylic acids is 2. The van der Waals surface area contributed by atoms with Crippen LogP contribution >= 0.6 is 0 Å². The van der Waals surface area contributed by atoms with E-state index in [1.165, 1.54) is 0 Å². The SMILES string of the molecule is O=C(O)C(=O)O.[NH2-].[NH2-].[Pt+2]. The van der Waals surface area contributed by atoms with Crippen LogP contribution in [-0.2, 0) is 30.7 Å². The summed E-state index contributed by atoms with van der Waals surface area (Å²) in [6.45, 7) is 0. The molecule has 0 fully saturated rings. The Morgan fingerprint density at radius 2 is 1.00 bits per heavy atom. The van der Waals surface area contributed by atoms with Crippen LogP contribution in [-0.4, -0.2) is 22.2 Å². The fraction of sp³-hybridized carbons (Fsp3) is 0. The van der Waals surface area contributed by atoms with Crippen molar-refractivity contribution in [3.05, 3.63) is 12.3 Å². The Balaban J connectivity index is -0.0000000417. The number of carbonyl (C=O) groups is 2. The molecule has 0 spiro atoms. The molecule has 0 aliphatic rings. The number of carboxylic acid groups (broad SMARTS) is 2. The fourth-order valence-corrected chi connectivity index (χ4v) is 0. The molecule has 0 amide bonds. The van der Waals surface area contributed by atoms with E-state index in [4.69, 9.17) is 19.8 Å². The molecule has 0 bridgehead atoms. The van der Waals surface area contributed by atoms with E-state index >= 15 is 0 Å². The minimum atomic E-state index is -1.82. The summed E-state index contributed by atoms with van der Waals surface area (Å²) in [5, 5.41) is 14.8. The van der Waals surface area contributed by atoms with Crippen LogP contribution in [0.15, 0.2) is 0 Å².